The number of ether oxygens (including phenoxy) is 3. The summed E-state index contributed by atoms with van der Waals surface area (Å²) in [7, 11) is 0. The van der Waals surface area contributed by atoms with Crippen molar-refractivity contribution in [2.45, 2.75) is 11.4 Å². The fraction of sp³-hybridized carbons (Fsp3) is 0.148. The lowest BCUT2D eigenvalue weighted by molar-refractivity contribution is -0.113. The van der Waals surface area contributed by atoms with Gasteiger partial charge in [0, 0.05) is 23.7 Å². The highest BCUT2D eigenvalue weighted by Crippen LogP contribution is 2.40. The highest BCUT2D eigenvalue weighted by molar-refractivity contribution is 8.00. The second-order valence-electron chi connectivity index (χ2n) is 8.08. The Morgan fingerprint density at radius 3 is 2.57 bits per heavy atom. The van der Waals surface area contributed by atoms with Crippen LogP contribution >= 0.6 is 11.8 Å². The Hall–Kier alpha value is -4.04. The van der Waals surface area contributed by atoms with Crippen LogP contribution in [0.25, 0.3) is 11.4 Å². The van der Waals surface area contributed by atoms with E-state index in [4.69, 9.17) is 24.2 Å². The molecule has 0 bridgehead atoms. The van der Waals surface area contributed by atoms with E-state index in [0.717, 1.165) is 27.5 Å². The molecule has 4 aromatic rings. The molecule has 0 unspecified atom stereocenters. The number of fused-ring (bicyclic) bond motifs is 3. The Kier molecular flexibility index (Phi) is 5.71. The first kappa shape index (κ1) is 21.5. The van der Waals surface area contributed by atoms with Crippen molar-refractivity contribution in [1.82, 2.24) is 9.97 Å². The summed E-state index contributed by atoms with van der Waals surface area (Å²) in [4.78, 5) is 22.3. The molecule has 0 spiro atoms. The van der Waals surface area contributed by atoms with Crippen molar-refractivity contribution in [1.29, 1.82) is 0 Å². The molecule has 0 fully saturated rings. The number of carbonyl (C=O) groups excluding carboxylic acids is 1. The lowest BCUT2D eigenvalue weighted by Gasteiger charge is -2.21. The molecule has 174 valence electrons. The number of para-hydroxylation sites is 1. The van der Waals surface area contributed by atoms with Crippen LogP contribution in [0.3, 0.4) is 0 Å². The highest BCUT2D eigenvalue weighted by Gasteiger charge is 2.24. The molecule has 7 nitrogen and oxygen atoms in total. The monoisotopic (exact) mass is 483 g/mol. The van der Waals surface area contributed by atoms with Crippen LogP contribution in [0.2, 0.25) is 0 Å². The first-order chi connectivity index (χ1) is 17.2. The van der Waals surface area contributed by atoms with E-state index in [1.165, 1.54) is 11.8 Å². The van der Waals surface area contributed by atoms with Crippen molar-refractivity contribution in [3.05, 3.63) is 83.9 Å². The minimum Gasteiger partial charge on any atom is -0.486 e. The standard InChI is InChI=1S/C27H21N3O4S/c31-24(28-19-10-11-22-23(15-19)33-13-12-32-22)16-35-27-20-14-18-8-4-5-9-21(18)34-26(20)29-25(30-27)17-6-2-1-3-7-17/h1-11,15H,12-14,16H2,(H,28,31). The fourth-order valence-corrected chi connectivity index (χ4v) is 4.84. The van der Waals surface area contributed by atoms with Gasteiger partial charge in [-0.2, -0.15) is 4.98 Å². The number of thioether (sulfide) groups is 1. The largest absolute Gasteiger partial charge is 0.486 e. The number of amides is 1. The van der Waals surface area contributed by atoms with E-state index in [1.807, 2.05) is 54.6 Å². The van der Waals surface area contributed by atoms with Crippen LogP contribution in [0, 0.1) is 0 Å². The maximum atomic E-state index is 12.8. The SMILES string of the molecule is O=C(CSc1nc(-c2ccccc2)nc2c1Cc1ccccc1O2)Nc1ccc2c(c1)OCCO2. The maximum absolute atomic E-state index is 12.8. The van der Waals surface area contributed by atoms with Gasteiger partial charge >= 0.3 is 0 Å². The predicted molar refractivity (Wildman–Crippen MR) is 134 cm³/mol. The summed E-state index contributed by atoms with van der Waals surface area (Å²) in [6.45, 7) is 1.02. The Labute approximate surface area is 206 Å². The van der Waals surface area contributed by atoms with E-state index in [9.17, 15) is 4.79 Å². The Morgan fingerprint density at radius 2 is 1.69 bits per heavy atom. The van der Waals surface area contributed by atoms with E-state index in [2.05, 4.69) is 5.32 Å². The lowest BCUT2D eigenvalue weighted by atomic mass is 10.0. The van der Waals surface area contributed by atoms with Gasteiger partial charge in [-0.3, -0.25) is 4.79 Å². The molecule has 0 saturated heterocycles. The van der Waals surface area contributed by atoms with Crippen LogP contribution in [-0.4, -0.2) is 34.8 Å². The van der Waals surface area contributed by atoms with Gasteiger partial charge in [0.1, 0.15) is 24.0 Å². The average molecular weight is 484 g/mol. The number of hydrogen-bond donors (Lipinski definition) is 1. The zero-order valence-electron chi connectivity index (χ0n) is 18.7. The molecule has 6 rings (SSSR count). The third kappa shape index (κ3) is 4.52. The number of nitrogens with one attached hydrogen (secondary N) is 1. The van der Waals surface area contributed by atoms with Crippen molar-refractivity contribution in [2.75, 3.05) is 24.3 Å². The highest BCUT2D eigenvalue weighted by atomic mass is 32.2. The van der Waals surface area contributed by atoms with Gasteiger partial charge in [-0.15, -0.1) is 0 Å². The summed E-state index contributed by atoms with van der Waals surface area (Å²) >= 11 is 1.38. The second kappa shape index (κ2) is 9.31. The quantitative estimate of drug-likeness (QED) is 0.267. The van der Waals surface area contributed by atoms with E-state index in [-0.39, 0.29) is 11.7 Å². The summed E-state index contributed by atoms with van der Waals surface area (Å²) in [5, 5.41) is 3.67. The average Bonchev–Trinajstić information content (AvgIpc) is 2.91. The molecule has 0 radical (unpaired) electrons. The van der Waals surface area contributed by atoms with E-state index in [1.54, 1.807) is 18.2 Å². The molecule has 3 heterocycles. The molecular weight excluding hydrogens is 462 g/mol. The second-order valence-corrected chi connectivity index (χ2v) is 9.05. The molecule has 35 heavy (non-hydrogen) atoms. The number of benzene rings is 3. The number of rotatable bonds is 5. The zero-order valence-corrected chi connectivity index (χ0v) is 19.5. The van der Waals surface area contributed by atoms with Gasteiger partial charge < -0.3 is 19.5 Å². The van der Waals surface area contributed by atoms with Gasteiger partial charge in [0.2, 0.25) is 11.8 Å². The van der Waals surface area contributed by atoms with Gasteiger partial charge in [-0.1, -0.05) is 60.3 Å². The van der Waals surface area contributed by atoms with Crippen molar-refractivity contribution in [2.24, 2.45) is 0 Å². The number of nitrogens with zero attached hydrogens (tertiary/aromatic N) is 2. The number of aromatic nitrogens is 2. The van der Waals surface area contributed by atoms with Gasteiger partial charge in [0.15, 0.2) is 17.3 Å². The first-order valence-electron chi connectivity index (χ1n) is 11.3. The lowest BCUT2D eigenvalue weighted by Crippen LogP contribution is -2.17. The third-order valence-electron chi connectivity index (χ3n) is 5.68. The van der Waals surface area contributed by atoms with Gasteiger partial charge in [-0.05, 0) is 23.8 Å². The minimum absolute atomic E-state index is 0.141. The minimum atomic E-state index is -0.141. The molecule has 2 aliphatic rings. The van der Waals surface area contributed by atoms with Crippen LogP contribution in [-0.2, 0) is 11.2 Å². The fourth-order valence-electron chi connectivity index (χ4n) is 4.01. The molecule has 1 aromatic heterocycles. The van der Waals surface area contributed by atoms with Crippen LogP contribution in [0.5, 0.6) is 23.1 Å². The van der Waals surface area contributed by atoms with Crippen molar-refractivity contribution >= 4 is 23.4 Å². The topological polar surface area (TPSA) is 82.6 Å². The van der Waals surface area contributed by atoms with Crippen LogP contribution in [0.4, 0.5) is 5.69 Å². The summed E-state index contributed by atoms with van der Waals surface area (Å²) < 4.78 is 17.3. The Balaban J connectivity index is 1.25. The maximum Gasteiger partial charge on any atom is 0.234 e. The molecule has 0 atom stereocenters. The summed E-state index contributed by atoms with van der Waals surface area (Å²) in [6.07, 6.45) is 0.646. The van der Waals surface area contributed by atoms with E-state index < -0.39 is 0 Å². The van der Waals surface area contributed by atoms with Crippen molar-refractivity contribution < 1.29 is 19.0 Å². The van der Waals surface area contributed by atoms with Crippen molar-refractivity contribution in [3.8, 4) is 34.5 Å². The summed E-state index contributed by atoms with van der Waals surface area (Å²) in [6, 6.07) is 23.1. The normalized spacial score (nSPS) is 13.3. The molecule has 1 N–H and O–H groups in total. The molecular formula is C27H21N3O4S. The number of carbonyl (C=O) groups is 1. The summed E-state index contributed by atoms with van der Waals surface area (Å²) in [5.74, 6) is 3.27. The Morgan fingerprint density at radius 1 is 0.886 bits per heavy atom. The van der Waals surface area contributed by atoms with E-state index >= 15 is 0 Å². The predicted octanol–water partition coefficient (Wildman–Crippen LogP) is 5.34. The van der Waals surface area contributed by atoms with E-state index in [0.29, 0.717) is 48.5 Å². The summed E-state index contributed by atoms with van der Waals surface area (Å²) in [5.41, 5.74) is 3.51. The van der Waals surface area contributed by atoms with Gasteiger partial charge in [0.05, 0.1) is 11.3 Å². The number of anilines is 1. The first-order valence-corrected chi connectivity index (χ1v) is 12.3. The molecule has 8 heteroatoms. The van der Waals surface area contributed by atoms with Crippen LogP contribution in [0.15, 0.2) is 77.8 Å². The molecule has 1 amide bonds. The zero-order chi connectivity index (χ0) is 23.6. The molecule has 2 aliphatic heterocycles. The third-order valence-corrected chi connectivity index (χ3v) is 6.69. The molecule has 0 aliphatic carbocycles. The molecule has 0 saturated carbocycles. The molecule has 3 aromatic carbocycles. The van der Waals surface area contributed by atoms with Crippen molar-refractivity contribution in [3.63, 3.8) is 0 Å². The smallest absolute Gasteiger partial charge is 0.234 e. The van der Waals surface area contributed by atoms with Gasteiger partial charge in [0.25, 0.3) is 0 Å². The van der Waals surface area contributed by atoms with Crippen LogP contribution < -0.4 is 19.5 Å². The Bertz CT molecular complexity index is 1410. The number of hydrogen-bond acceptors (Lipinski definition) is 7. The van der Waals surface area contributed by atoms with Gasteiger partial charge in [-0.25, -0.2) is 4.98 Å². The van der Waals surface area contributed by atoms with Crippen LogP contribution in [0.1, 0.15) is 11.1 Å².